The van der Waals surface area contributed by atoms with Crippen LogP contribution in [0.5, 0.6) is 0 Å². The summed E-state index contributed by atoms with van der Waals surface area (Å²) in [4.78, 5) is 0. The van der Waals surface area contributed by atoms with E-state index in [9.17, 15) is 5.11 Å². The first-order valence-electron chi connectivity index (χ1n) is 3.50. The van der Waals surface area contributed by atoms with E-state index >= 15 is 0 Å². The lowest BCUT2D eigenvalue weighted by Gasteiger charge is -2.18. The third kappa shape index (κ3) is 1.62. The second-order valence-corrected chi connectivity index (χ2v) is 4.33. The number of aliphatic hydroxyl groups is 1. The molecule has 0 bridgehead atoms. The van der Waals surface area contributed by atoms with Gasteiger partial charge in [-0.05, 0) is 12.8 Å². The Bertz CT molecular complexity index is 105. The van der Waals surface area contributed by atoms with Gasteiger partial charge in [-0.15, -0.1) is 0 Å². The van der Waals surface area contributed by atoms with Gasteiger partial charge in [-0.1, -0.05) is 13.8 Å². The van der Waals surface area contributed by atoms with Crippen LogP contribution in [0.25, 0.3) is 0 Å². The van der Waals surface area contributed by atoms with Crippen molar-refractivity contribution in [1.82, 2.24) is 0 Å². The molecule has 2 unspecified atom stereocenters. The molecule has 0 spiro atoms. The van der Waals surface area contributed by atoms with Crippen molar-refractivity contribution in [2.45, 2.75) is 37.5 Å². The molecule has 1 rings (SSSR count). The summed E-state index contributed by atoms with van der Waals surface area (Å²) in [5, 5.41) is 10.3. The highest BCUT2D eigenvalue weighted by Gasteiger charge is 2.33. The van der Waals surface area contributed by atoms with E-state index in [4.69, 9.17) is 0 Å². The molecule has 0 saturated carbocycles. The van der Waals surface area contributed by atoms with Gasteiger partial charge >= 0.3 is 0 Å². The highest BCUT2D eigenvalue weighted by Crippen LogP contribution is 2.35. The maximum Gasteiger partial charge on any atom is 0.0745 e. The van der Waals surface area contributed by atoms with Crippen molar-refractivity contribution >= 4 is 11.8 Å². The molecule has 1 fully saturated rings. The maximum atomic E-state index is 9.65. The van der Waals surface area contributed by atoms with Gasteiger partial charge in [0.1, 0.15) is 0 Å². The number of hydrogen-bond donors (Lipinski definition) is 1. The molecular formula is C7H14OS. The van der Waals surface area contributed by atoms with Gasteiger partial charge in [-0.2, -0.15) is 11.8 Å². The molecule has 0 radical (unpaired) electrons. The summed E-state index contributed by atoms with van der Waals surface area (Å²) in [6, 6.07) is 0. The fourth-order valence-electron chi connectivity index (χ4n) is 1.20. The number of hydrogen-bond acceptors (Lipinski definition) is 2. The van der Waals surface area contributed by atoms with Gasteiger partial charge in [-0.25, -0.2) is 0 Å². The van der Waals surface area contributed by atoms with E-state index in [2.05, 4.69) is 13.8 Å². The SMILES string of the molecule is CCC1(O)CSC(C)C1. The van der Waals surface area contributed by atoms with Crippen molar-refractivity contribution in [2.24, 2.45) is 0 Å². The Labute approximate surface area is 60.8 Å². The van der Waals surface area contributed by atoms with Gasteiger partial charge in [0.2, 0.25) is 0 Å². The van der Waals surface area contributed by atoms with Crippen LogP contribution in [0.4, 0.5) is 0 Å². The summed E-state index contributed by atoms with van der Waals surface area (Å²) in [6.07, 6.45) is 1.89. The highest BCUT2D eigenvalue weighted by atomic mass is 32.2. The molecule has 1 heterocycles. The second-order valence-electron chi connectivity index (χ2n) is 2.90. The van der Waals surface area contributed by atoms with Crippen LogP contribution in [-0.2, 0) is 0 Å². The molecule has 1 aliphatic heterocycles. The van der Waals surface area contributed by atoms with Crippen LogP contribution in [-0.4, -0.2) is 21.7 Å². The van der Waals surface area contributed by atoms with Crippen molar-refractivity contribution in [3.8, 4) is 0 Å². The van der Waals surface area contributed by atoms with Crippen molar-refractivity contribution in [3.05, 3.63) is 0 Å². The maximum absolute atomic E-state index is 9.65. The highest BCUT2D eigenvalue weighted by molar-refractivity contribution is 8.00. The van der Waals surface area contributed by atoms with Crippen LogP contribution < -0.4 is 0 Å². The third-order valence-electron chi connectivity index (χ3n) is 1.96. The van der Waals surface area contributed by atoms with Gasteiger partial charge in [0.05, 0.1) is 5.60 Å². The fourth-order valence-corrected chi connectivity index (χ4v) is 2.54. The molecule has 0 aromatic rings. The summed E-state index contributed by atoms with van der Waals surface area (Å²) >= 11 is 1.88. The van der Waals surface area contributed by atoms with Crippen LogP contribution in [0.15, 0.2) is 0 Å². The van der Waals surface area contributed by atoms with Gasteiger partial charge in [0.15, 0.2) is 0 Å². The molecule has 1 nitrogen and oxygen atoms in total. The molecule has 9 heavy (non-hydrogen) atoms. The summed E-state index contributed by atoms with van der Waals surface area (Å²) in [7, 11) is 0. The first kappa shape index (κ1) is 7.42. The van der Waals surface area contributed by atoms with Crippen molar-refractivity contribution in [3.63, 3.8) is 0 Å². The zero-order valence-electron chi connectivity index (χ0n) is 6.05. The minimum Gasteiger partial charge on any atom is -0.389 e. The molecule has 0 aromatic carbocycles. The molecule has 0 amide bonds. The molecule has 1 aliphatic rings. The standard InChI is InChI=1S/C7H14OS/c1-3-7(8)4-6(2)9-5-7/h6,8H,3-5H2,1-2H3. The van der Waals surface area contributed by atoms with Crippen LogP contribution >= 0.6 is 11.8 Å². The monoisotopic (exact) mass is 146 g/mol. The zero-order chi connectivity index (χ0) is 6.91. The Kier molecular flexibility index (Phi) is 2.07. The minimum absolute atomic E-state index is 0.329. The first-order valence-corrected chi connectivity index (χ1v) is 4.55. The minimum atomic E-state index is -0.329. The van der Waals surface area contributed by atoms with Crippen molar-refractivity contribution in [2.75, 3.05) is 5.75 Å². The molecule has 1 saturated heterocycles. The predicted molar refractivity (Wildman–Crippen MR) is 41.8 cm³/mol. The van der Waals surface area contributed by atoms with Gasteiger partial charge < -0.3 is 5.11 Å². The fraction of sp³-hybridized carbons (Fsp3) is 1.00. The quantitative estimate of drug-likeness (QED) is 0.607. The lowest BCUT2D eigenvalue weighted by Crippen LogP contribution is -2.26. The molecule has 2 atom stereocenters. The Hall–Kier alpha value is 0.310. The van der Waals surface area contributed by atoms with Crippen LogP contribution in [0, 0.1) is 0 Å². The van der Waals surface area contributed by atoms with E-state index in [-0.39, 0.29) is 5.60 Å². The molecule has 0 aromatic heterocycles. The van der Waals surface area contributed by atoms with E-state index in [1.165, 1.54) is 0 Å². The predicted octanol–water partition coefficient (Wildman–Crippen LogP) is 1.65. The van der Waals surface area contributed by atoms with Gasteiger partial charge in [-0.3, -0.25) is 0 Å². The molecule has 0 aliphatic carbocycles. The summed E-state index contributed by atoms with van der Waals surface area (Å²) in [5.74, 6) is 0.935. The molecule has 2 heteroatoms. The van der Waals surface area contributed by atoms with E-state index in [0.29, 0.717) is 5.25 Å². The topological polar surface area (TPSA) is 20.2 Å². The smallest absolute Gasteiger partial charge is 0.0745 e. The second kappa shape index (κ2) is 2.51. The molecule has 54 valence electrons. The van der Waals surface area contributed by atoms with E-state index in [1.807, 2.05) is 11.8 Å². The lowest BCUT2D eigenvalue weighted by molar-refractivity contribution is 0.0599. The van der Waals surface area contributed by atoms with Crippen molar-refractivity contribution in [1.29, 1.82) is 0 Å². The van der Waals surface area contributed by atoms with Crippen LogP contribution in [0.3, 0.4) is 0 Å². The van der Waals surface area contributed by atoms with E-state index < -0.39 is 0 Å². The number of thioether (sulfide) groups is 1. The zero-order valence-corrected chi connectivity index (χ0v) is 6.87. The Morgan fingerprint density at radius 3 is 2.67 bits per heavy atom. The van der Waals surface area contributed by atoms with Gasteiger partial charge in [0, 0.05) is 11.0 Å². The molecular weight excluding hydrogens is 132 g/mol. The van der Waals surface area contributed by atoms with E-state index in [0.717, 1.165) is 18.6 Å². The summed E-state index contributed by atoms with van der Waals surface area (Å²) in [5.41, 5.74) is -0.329. The first-order chi connectivity index (χ1) is 4.16. The normalized spacial score (nSPS) is 43.7. The molecule has 1 N–H and O–H groups in total. The largest absolute Gasteiger partial charge is 0.389 e. The van der Waals surface area contributed by atoms with Crippen LogP contribution in [0.1, 0.15) is 26.7 Å². The van der Waals surface area contributed by atoms with Crippen LogP contribution in [0.2, 0.25) is 0 Å². The van der Waals surface area contributed by atoms with E-state index in [1.54, 1.807) is 0 Å². The van der Waals surface area contributed by atoms with Crippen molar-refractivity contribution < 1.29 is 5.11 Å². The number of rotatable bonds is 1. The van der Waals surface area contributed by atoms with Gasteiger partial charge in [0.25, 0.3) is 0 Å². The lowest BCUT2D eigenvalue weighted by atomic mass is 9.98. The average molecular weight is 146 g/mol. The summed E-state index contributed by atoms with van der Waals surface area (Å²) < 4.78 is 0. The summed E-state index contributed by atoms with van der Waals surface area (Å²) in [6.45, 7) is 4.23. The Morgan fingerprint density at radius 1 is 1.78 bits per heavy atom. The third-order valence-corrected chi connectivity index (χ3v) is 3.40. The average Bonchev–Trinajstić information content (AvgIpc) is 2.13. The Morgan fingerprint density at radius 2 is 2.44 bits per heavy atom. The Balaban J connectivity index is 2.45.